The van der Waals surface area contributed by atoms with E-state index in [0.29, 0.717) is 12.6 Å². The van der Waals surface area contributed by atoms with Crippen molar-refractivity contribution in [3.63, 3.8) is 0 Å². The van der Waals surface area contributed by atoms with Crippen LogP contribution in [-0.2, 0) is 18.3 Å². The van der Waals surface area contributed by atoms with Crippen LogP contribution in [0.5, 0.6) is 0 Å². The van der Waals surface area contributed by atoms with Crippen LogP contribution in [0.3, 0.4) is 0 Å². The van der Waals surface area contributed by atoms with Crippen LogP contribution in [-0.4, -0.2) is 46.5 Å². The highest BCUT2D eigenvalue weighted by Gasteiger charge is 2.20. The molecule has 1 aliphatic rings. The fourth-order valence-electron chi connectivity index (χ4n) is 2.54. The molecule has 1 aromatic heterocycles. The average Bonchev–Trinajstić information content (AvgIpc) is 2.91. The van der Waals surface area contributed by atoms with Crippen molar-refractivity contribution < 1.29 is 9.84 Å². The minimum Gasteiger partial charge on any atom is -0.392 e. The summed E-state index contributed by atoms with van der Waals surface area (Å²) in [5.41, 5.74) is 1.27. The van der Waals surface area contributed by atoms with E-state index in [1.807, 2.05) is 6.92 Å². The smallest absolute Gasteiger partial charge is 0.0703 e. The van der Waals surface area contributed by atoms with E-state index in [1.165, 1.54) is 5.69 Å². The third-order valence-corrected chi connectivity index (χ3v) is 3.45. The molecule has 1 fully saturated rings. The predicted molar refractivity (Wildman–Crippen MR) is 71.3 cm³/mol. The third kappa shape index (κ3) is 3.83. The van der Waals surface area contributed by atoms with Crippen LogP contribution >= 0.6 is 0 Å². The molecule has 0 aromatic carbocycles. The molecule has 2 atom stereocenters. The van der Waals surface area contributed by atoms with Crippen LogP contribution in [0.25, 0.3) is 0 Å². The maximum atomic E-state index is 9.61. The van der Waals surface area contributed by atoms with Gasteiger partial charge in [0, 0.05) is 45.2 Å². The summed E-state index contributed by atoms with van der Waals surface area (Å²) < 4.78 is 7.81. The van der Waals surface area contributed by atoms with E-state index in [2.05, 4.69) is 34.8 Å². The quantitative estimate of drug-likeness (QED) is 0.831. The van der Waals surface area contributed by atoms with Crippen LogP contribution in [0.15, 0.2) is 18.3 Å². The molecule has 2 rings (SSSR count). The topological polar surface area (TPSA) is 37.6 Å². The normalized spacial score (nSPS) is 21.7. The maximum absolute atomic E-state index is 9.61. The summed E-state index contributed by atoms with van der Waals surface area (Å²) in [4.78, 5) is 2.29. The molecule has 1 N–H and O–H groups in total. The second-order valence-corrected chi connectivity index (χ2v) is 5.29. The van der Waals surface area contributed by atoms with Crippen LogP contribution in [0, 0.1) is 0 Å². The molecule has 4 nitrogen and oxygen atoms in total. The summed E-state index contributed by atoms with van der Waals surface area (Å²) in [7, 11) is 2.06. The molecule has 1 saturated heterocycles. The van der Waals surface area contributed by atoms with Gasteiger partial charge >= 0.3 is 0 Å². The standard InChI is InChI=1S/C14H24N2O2/c1-12(17)9-16(11-14-6-4-8-18-14)10-13-5-3-7-15(13)2/h3,5,7,12,14,17H,4,6,8-11H2,1-2H3. The van der Waals surface area contributed by atoms with Crippen LogP contribution < -0.4 is 0 Å². The average molecular weight is 252 g/mol. The SMILES string of the molecule is CC(O)CN(Cc1cccn1C)CC1CCCO1. The van der Waals surface area contributed by atoms with Gasteiger partial charge in [0.15, 0.2) is 0 Å². The molecule has 4 heteroatoms. The fraction of sp³-hybridized carbons (Fsp3) is 0.714. The van der Waals surface area contributed by atoms with E-state index in [-0.39, 0.29) is 6.10 Å². The van der Waals surface area contributed by atoms with Crippen molar-refractivity contribution in [1.82, 2.24) is 9.47 Å². The molecule has 0 radical (unpaired) electrons. The first-order chi connectivity index (χ1) is 8.65. The van der Waals surface area contributed by atoms with Gasteiger partial charge in [-0.05, 0) is 31.9 Å². The summed E-state index contributed by atoms with van der Waals surface area (Å²) >= 11 is 0. The number of hydrogen-bond acceptors (Lipinski definition) is 3. The zero-order valence-electron chi connectivity index (χ0n) is 11.4. The summed E-state index contributed by atoms with van der Waals surface area (Å²) in [6.07, 6.45) is 4.40. The van der Waals surface area contributed by atoms with Crippen LogP contribution in [0.1, 0.15) is 25.5 Å². The van der Waals surface area contributed by atoms with Gasteiger partial charge < -0.3 is 14.4 Å². The molecule has 102 valence electrons. The Hall–Kier alpha value is -0.840. The Bertz CT molecular complexity index is 356. The Kier molecular flexibility index (Phi) is 4.80. The van der Waals surface area contributed by atoms with Crippen molar-refractivity contribution >= 4 is 0 Å². The Morgan fingerprint density at radius 3 is 3.00 bits per heavy atom. The Morgan fingerprint density at radius 2 is 2.44 bits per heavy atom. The van der Waals surface area contributed by atoms with Crippen LogP contribution in [0.4, 0.5) is 0 Å². The molecule has 2 unspecified atom stereocenters. The number of rotatable bonds is 6. The molecule has 18 heavy (non-hydrogen) atoms. The lowest BCUT2D eigenvalue weighted by molar-refractivity contribution is 0.0496. The summed E-state index contributed by atoms with van der Waals surface area (Å²) in [5.74, 6) is 0. The molecular formula is C14H24N2O2. The second kappa shape index (κ2) is 6.36. The van der Waals surface area contributed by atoms with Gasteiger partial charge in [-0.15, -0.1) is 0 Å². The maximum Gasteiger partial charge on any atom is 0.0703 e. The van der Waals surface area contributed by atoms with Gasteiger partial charge in [0.05, 0.1) is 12.2 Å². The van der Waals surface area contributed by atoms with E-state index < -0.39 is 0 Å². The largest absolute Gasteiger partial charge is 0.392 e. The fourth-order valence-corrected chi connectivity index (χ4v) is 2.54. The zero-order valence-corrected chi connectivity index (χ0v) is 11.4. The van der Waals surface area contributed by atoms with E-state index in [9.17, 15) is 5.11 Å². The number of aromatic nitrogens is 1. The van der Waals surface area contributed by atoms with Gasteiger partial charge in [-0.1, -0.05) is 0 Å². The monoisotopic (exact) mass is 252 g/mol. The summed E-state index contributed by atoms with van der Waals surface area (Å²) in [6, 6.07) is 4.19. The molecule has 0 amide bonds. The highest BCUT2D eigenvalue weighted by atomic mass is 16.5. The van der Waals surface area contributed by atoms with Crippen molar-refractivity contribution in [2.45, 2.75) is 38.5 Å². The molecule has 0 spiro atoms. The Labute approximate surface area is 109 Å². The molecule has 0 saturated carbocycles. The van der Waals surface area contributed by atoms with Crippen molar-refractivity contribution in [3.05, 3.63) is 24.0 Å². The van der Waals surface area contributed by atoms with Crippen molar-refractivity contribution in [2.24, 2.45) is 7.05 Å². The van der Waals surface area contributed by atoms with Gasteiger partial charge in [-0.25, -0.2) is 0 Å². The number of aryl methyl sites for hydroxylation is 1. The first kappa shape index (κ1) is 13.6. The number of aliphatic hydroxyl groups excluding tert-OH is 1. The van der Waals surface area contributed by atoms with Crippen LogP contribution in [0.2, 0.25) is 0 Å². The van der Waals surface area contributed by atoms with Gasteiger partial charge in [-0.2, -0.15) is 0 Å². The lowest BCUT2D eigenvalue weighted by atomic mass is 10.2. The number of aliphatic hydroxyl groups is 1. The molecule has 2 heterocycles. The van der Waals surface area contributed by atoms with Crippen molar-refractivity contribution in [3.8, 4) is 0 Å². The zero-order chi connectivity index (χ0) is 13.0. The molecule has 0 aliphatic carbocycles. The van der Waals surface area contributed by atoms with Gasteiger partial charge in [0.1, 0.15) is 0 Å². The van der Waals surface area contributed by atoms with Crippen molar-refractivity contribution in [2.75, 3.05) is 19.7 Å². The summed E-state index contributed by atoms with van der Waals surface area (Å²) in [6.45, 7) is 5.21. The Balaban J connectivity index is 1.93. The lowest BCUT2D eigenvalue weighted by Gasteiger charge is -2.26. The molecule has 1 aromatic rings. The van der Waals surface area contributed by atoms with E-state index in [4.69, 9.17) is 4.74 Å². The van der Waals surface area contributed by atoms with E-state index in [1.54, 1.807) is 0 Å². The predicted octanol–water partition coefficient (Wildman–Crippen LogP) is 1.39. The van der Waals surface area contributed by atoms with Crippen molar-refractivity contribution in [1.29, 1.82) is 0 Å². The lowest BCUT2D eigenvalue weighted by Crippen LogP contribution is -2.37. The highest BCUT2D eigenvalue weighted by molar-refractivity contribution is 5.06. The number of hydrogen-bond donors (Lipinski definition) is 1. The number of ether oxygens (including phenoxy) is 1. The van der Waals surface area contributed by atoms with Gasteiger partial charge in [-0.3, -0.25) is 4.90 Å². The molecule has 1 aliphatic heterocycles. The third-order valence-electron chi connectivity index (χ3n) is 3.45. The minimum atomic E-state index is -0.299. The minimum absolute atomic E-state index is 0.299. The number of nitrogens with zero attached hydrogens (tertiary/aromatic N) is 2. The summed E-state index contributed by atoms with van der Waals surface area (Å²) in [5, 5.41) is 9.61. The van der Waals surface area contributed by atoms with E-state index >= 15 is 0 Å². The highest BCUT2D eigenvalue weighted by Crippen LogP contribution is 2.15. The van der Waals surface area contributed by atoms with Gasteiger partial charge in [0.25, 0.3) is 0 Å². The first-order valence-corrected chi connectivity index (χ1v) is 6.77. The van der Waals surface area contributed by atoms with E-state index in [0.717, 1.165) is 32.5 Å². The first-order valence-electron chi connectivity index (χ1n) is 6.77. The molecular weight excluding hydrogens is 228 g/mol. The molecule has 0 bridgehead atoms. The Morgan fingerprint density at radius 1 is 1.61 bits per heavy atom. The second-order valence-electron chi connectivity index (χ2n) is 5.29. The van der Waals surface area contributed by atoms with Gasteiger partial charge in [0.2, 0.25) is 0 Å².